The van der Waals surface area contributed by atoms with E-state index in [9.17, 15) is 0 Å². The highest BCUT2D eigenvalue weighted by atomic mass is 16.5. The average Bonchev–Trinajstić information content (AvgIpc) is 3.12. The van der Waals surface area contributed by atoms with Gasteiger partial charge >= 0.3 is 0 Å². The minimum Gasteiger partial charge on any atom is -0.496 e. The fourth-order valence-electron chi connectivity index (χ4n) is 3.29. The van der Waals surface area contributed by atoms with Crippen molar-refractivity contribution < 1.29 is 4.74 Å². The second-order valence-corrected chi connectivity index (χ2v) is 6.40. The number of ether oxygens (including phenoxy) is 1. The Balaban J connectivity index is 1.60. The first-order valence-electron chi connectivity index (χ1n) is 8.88. The summed E-state index contributed by atoms with van der Waals surface area (Å²) in [4.78, 5) is 8.58. The van der Waals surface area contributed by atoms with E-state index in [-0.39, 0.29) is 0 Å². The lowest BCUT2D eigenvalue weighted by Crippen LogP contribution is -1.97. The van der Waals surface area contributed by atoms with E-state index in [1.807, 2.05) is 36.8 Å². The second-order valence-electron chi connectivity index (χ2n) is 6.40. The summed E-state index contributed by atoms with van der Waals surface area (Å²) in [6.07, 6.45) is 3.72. The normalized spacial score (nSPS) is 11.3. The van der Waals surface area contributed by atoms with E-state index in [0.29, 0.717) is 0 Å². The molecular formula is C23H21N3O. The van der Waals surface area contributed by atoms with E-state index < -0.39 is 0 Å². The molecule has 4 rings (SSSR count). The van der Waals surface area contributed by atoms with Gasteiger partial charge in [-0.1, -0.05) is 42.5 Å². The molecule has 0 aliphatic heterocycles. The Hall–Kier alpha value is -3.40. The standard InChI is InChI=1S/C23H21N3O/c1-24-14-20-13-19(11-12-23(20)27-2)18-9-7-17(8-10-18)15-26-16-25-21-5-3-4-6-22(21)26/h3-14,16H,15H2,1-2H3. The van der Waals surface area contributed by atoms with Crippen LogP contribution in [0, 0.1) is 0 Å². The molecule has 0 N–H and O–H groups in total. The van der Waals surface area contributed by atoms with Crippen LogP contribution in [-0.4, -0.2) is 29.9 Å². The molecular weight excluding hydrogens is 334 g/mol. The van der Waals surface area contributed by atoms with Gasteiger partial charge in [0.2, 0.25) is 0 Å². The Labute approximate surface area is 158 Å². The smallest absolute Gasteiger partial charge is 0.127 e. The van der Waals surface area contributed by atoms with Crippen LogP contribution in [0.2, 0.25) is 0 Å². The van der Waals surface area contributed by atoms with Crippen molar-refractivity contribution in [3.8, 4) is 16.9 Å². The van der Waals surface area contributed by atoms with Gasteiger partial charge < -0.3 is 9.30 Å². The summed E-state index contributed by atoms with van der Waals surface area (Å²) in [7, 11) is 3.44. The van der Waals surface area contributed by atoms with Gasteiger partial charge in [-0.15, -0.1) is 0 Å². The molecule has 0 aliphatic carbocycles. The summed E-state index contributed by atoms with van der Waals surface area (Å²) in [6.45, 7) is 0.803. The number of hydrogen-bond donors (Lipinski definition) is 0. The zero-order chi connectivity index (χ0) is 18.6. The van der Waals surface area contributed by atoms with Crippen molar-refractivity contribution in [3.05, 3.63) is 84.2 Å². The summed E-state index contributed by atoms with van der Waals surface area (Å²) >= 11 is 0. The van der Waals surface area contributed by atoms with E-state index in [1.54, 1.807) is 14.2 Å². The predicted octanol–water partition coefficient (Wildman–Crippen LogP) is 4.81. The number of benzene rings is 3. The Kier molecular flexibility index (Phi) is 4.71. The minimum absolute atomic E-state index is 0.803. The van der Waals surface area contributed by atoms with E-state index in [0.717, 1.165) is 34.5 Å². The molecule has 0 spiro atoms. The molecule has 4 nitrogen and oxygen atoms in total. The van der Waals surface area contributed by atoms with Gasteiger partial charge in [-0.25, -0.2) is 4.98 Å². The minimum atomic E-state index is 0.803. The fourth-order valence-corrected chi connectivity index (χ4v) is 3.29. The topological polar surface area (TPSA) is 39.4 Å². The van der Waals surface area contributed by atoms with Gasteiger partial charge in [-0.3, -0.25) is 4.99 Å². The third-order valence-corrected chi connectivity index (χ3v) is 4.67. The Morgan fingerprint density at radius 3 is 2.56 bits per heavy atom. The summed E-state index contributed by atoms with van der Waals surface area (Å²) in [6, 6.07) is 23.0. The zero-order valence-electron chi connectivity index (χ0n) is 15.5. The molecule has 0 saturated heterocycles. The first kappa shape index (κ1) is 17.0. The monoisotopic (exact) mass is 355 g/mol. The second kappa shape index (κ2) is 7.46. The molecule has 27 heavy (non-hydrogen) atoms. The molecule has 0 amide bonds. The number of para-hydroxylation sites is 2. The van der Waals surface area contributed by atoms with Gasteiger partial charge in [-0.2, -0.15) is 0 Å². The van der Waals surface area contributed by atoms with E-state index >= 15 is 0 Å². The molecule has 0 aliphatic rings. The van der Waals surface area contributed by atoms with Gasteiger partial charge in [0.25, 0.3) is 0 Å². The fraction of sp³-hybridized carbons (Fsp3) is 0.130. The highest BCUT2D eigenvalue weighted by Crippen LogP contribution is 2.26. The third kappa shape index (κ3) is 3.47. The first-order valence-corrected chi connectivity index (χ1v) is 8.88. The molecule has 1 aromatic heterocycles. The van der Waals surface area contributed by atoms with Gasteiger partial charge in [0.15, 0.2) is 0 Å². The maximum atomic E-state index is 5.40. The number of fused-ring (bicyclic) bond motifs is 1. The molecule has 0 bridgehead atoms. The van der Waals surface area contributed by atoms with Crippen molar-refractivity contribution in [2.75, 3.05) is 14.2 Å². The van der Waals surface area contributed by atoms with E-state index in [4.69, 9.17) is 4.74 Å². The van der Waals surface area contributed by atoms with Gasteiger partial charge in [-0.05, 0) is 41.0 Å². The lowest BCUT2D eigenvalue weighted by atomic mass is 10.0. The van der Waals surface area contributed by atoms with Crippen LogP contribution in [0.5, 0.6) is 5.75 Å². The number of rotatable bonds is 5. The van der Waals surface area contributed by atoms with Crippen LogP contribution in [0.15, 0.2) is 78.0 Å². The van der Waals surface area contributed by atoms with Crippen molar-refractivity contribution >= 4 is 17.2 Å². The lowest BCUT2D eigenvalue weighted by molar-refractivity contribution is 0.414. The van der Waals surface area contributed by atoms with E-state index in [2.05, 4.69) is 57.0 Å². The quantitative estimate of drug-likeness (QED) is 0.482. The molecule has 0 unspecified atom stereocenters. The molecule has 0 saturated carbocycles. The van der Waals surface area contributed by atoms with Gasteiger partial charge in [0.05, 0.1) is 24.5 Å². The molecule has 0 radical (unpaired) electrons. The summed E-state index contributed by atoms with van der Waals surface area (Å²) in [5.74, 6) is 0.827. The third-order valence-electron chi connectivity index (χ3n) is 4.67. The van der Waals surface area contributed by atoms with Gasteiger partial charge in [0, 0.05) is 25.4 Å². The van der Waals surface area contributed by atoms with Crippen LogP contribution in [0.4, 0.5) is 0 Å². The van der Waals surface area contributed by atoms with Crippen LogP contribution in [0.1, 0.15) is 11.1 Å². The maximum absolute atomic E-state index is 5.40. The molecule has 4 heteroatoms. The van der Waals surface area contributed by atoms with Crippen LogP contribution in [0.25, 0.3) is 22.2 Å². The number of hydrogen-bond acceptors (Lipinski definition) is 3. The van der Waals surface area contributed by atoms with Gasteiger partial charge in [0.1, 0.15) is 5.75 Å². The molecule has 134 valence electrons. The largest absolute Gasteiger partial charge is 0.496 e. The number of nitrogens with zero attached hydrogens (tertiary/aromatic N) is 3. The Morgan fingerprint density at radius 2 is 1.78 bits per heavy atom. The van der Waals surface area contributed by atoms with Crippen molar-refractivity contribution in [1.29, 1.82) is 0 Å². The van der Waals surface area contributed by atoms with Crippen LogP contribution in [-0.2, 0) is 6.54 Å². The number of aromatic nitrogens is 2. The number of aliphatic imine (C=N–C) groups is 1. The summed E-state index contributed by atoms with van der Waals surface area (Å²) in [5.41, 5.74) is 6.71. The maximum Gasteiger partial charge on any atom is 0.127 e. The Morgan fingerprint density at radius 1 is 1.00 bits per heavy atom. The van der Waals surface area contributed by atoms with Crippen LogP contribution in [0.3, 0.4) is 0 Å². The average molecular weight is 355 g/mol. The summed E-state index contributed by atoms with van der Waals surface area (Å²) in [5, 5.41) is 0. The SMILES string of the molecule is CN=Cc1cc(-c2ccc(Cn3cnc4ccccc43)cc2)ccc1OC. The molecule has 4 aromatic rings. The first-order chi connectivity index (χ1) is 13.3. The Bertz CT molecular complexity index is 1090. The molecule has 3 aromatic carbocycles. The number of methoxy groups -OCH3 is 1. The predicted molar refractivity (Wildman–Crippen MR) is 111 cm³/mol. The van der Waals surface area contributed by atoms with Crippen molar-refractivity contribution in [2.24, 2.45) is 4.99 Å². The molecule has 0 fully saturated rings. The van der Waals surface area contributed by atoms with Crippen LogP contribution >= 0.6 is 0 Å². The lowest BCUT2D eigenvalue weighted by Gasteiger charge is -2.09. The van der Waals surface area contributed by atoms with Crippen molar-refractivity contribution in [2.45, 2.75) is 6.54 Å². The number of imidazole rings is 1. The van der Waals surface area contributed by atoms with E-state index in [1.165, 1.54) is 11.1 Å². The van der Waals surface area contributed by atoms with Crippen LogP contribution < -0.4 is 4.74 Å². The van der Waals surface area contributed by atoms with Crippen molar-refractivity contribution in [3.63, 3.8) is 0 Å². The molecule has 1 heterocycles. The van der Waals surface area contributed by atoms with Crippen molar-refractivity contribution in [1.82, 2.24) is 9.55 Å². The highest BCUT2D eigenvalue weighted by molar-refractivity contribution is 5.86. The highest BCUT2D eigenvalue weighted by Gasteiger charge is 2.06. The zero-order valence-corrected chi connectivity index (χ0v) is 15.5. The molecule has 0 atom stereocenters. The summed E-state index contributed by atoms with van der Waals surface area (Å²) < 4.78 is 7.58.